The number of anilines is 3. The number of β-amino-alcohol motifs (C(OH)–C–C–N with tert-alkyl or cyclic N) is 1. The van der Waals surface area contributed by atoms with E-state index in [-0.39, 0.29) is 90.9 Å². The minimum atomic E-state index is -0.866. The number of hydrogen-bond donors (Lipinski definition) is 4. The van der Waals surface area contributed by atoms with Crippen LogP contribution in [0.5, 0.6) is 23.3 Å². The minimum absolute atomic E-state index is 0.0162. The molecule has 1 saturated carbocycles. The number of phenols is 1. The number of para-hydroxylation sites is 1. The van der Waals surface area contributed by atoms with E-state index in [1.54, 1.807) is 48.1 Å². The third kappa shape index (κ3) is 11.1. The summed E-state index contributed by atoms with van der Waals surface area (Å²) in [7, 11) is 0. The first kappa shape index (κ1) is 51.7. The summed E-state index contributed by atoms with van der Waals surface area (Å²) in [6, 6.07) is 21.9. The molecule has 7 aromatic rings. The quantitative estimate of drug-likeness (QED) is 0.0719. The van der Waals surface area contributed by atoms with Gasteiger partial charge >= 0.3 is 0 Å². The second-order valence-electron chi connectivity index (χ2n) is 20.7. The number of carbonyl (C=O) groups is 2. The molecule has 21 heteroatoms. The number of phenolic OH excluding ortho intramolecular Hbond substituents is 1. The van der Waals surface area contributed by atoms with E-state index in [1.165, 1.54) is 4.90 Å². The van der Waals surface area contributed by atoms with Crippen molar-refractivity contribution < 1.29 is 38.5 Å². The zero-order valence-electron chi connectivity index (χ0n) is 43.6. The molecule has 78 heavy (non-hydrogen) atoms. The molecule has 1 aliphatic carbocycles. The third-order valence-corrected chi connectivity index (χ3v) is 15.9. The van der Waals surface area contributed by atoms with Crippen LogP contribution in [0.15, 0.2) is 101 Å². The number of pyridine rings is 1. The number of aromatic hydroxyl groups is 1. The van der Waals surface area contributed by atoms with E-state index >= 15 is 0 Å². The van der Waals surface area contributed by atoms with Gasteiger partial charge in [0.1, 0.15) is 29.9 Å². The van der Waals surface area contributed by atoms with E-state index < -0.39 is 18.1 Å². The Kier molecular flexibility index (Phi) is 14.8. The molecule has 2 amide bonds. The van der Waals surface area contributed by atoms with Crippen LogP contribution in [-0.2, 0) is 9.59 Å². The van der Waals surface area contributed by atoms with E-state index in [9.17, 15) is 19.8 Å². The summed E-state index contributed by atoms with van der Waals surface area (Å²) in [5, 5.41) is 36.8. The van der Waals surface area contributed by atoms with Crippen LogP contribution in [0.25, 0.3) is 21.7 Å². The van der Waals surface area contributed by atoms with Crippen molar-refractivity contribution in [1.29, 1.82) is 0 Å². The van der Waals surface area contributed by atoms with Gasteiger partial charge < -0.3 is 54.7 Å². The van der Waals surface area contributed by atoms with Gasteiger partial charge in [-0.3, -0.25) is 9.59 Å². The molecule has 0 spiro atoms. The fourth-order valence-corrected chi connectivity index (χ4v) is 11.8. The number of aliphatic hydroxyl groups excluding tert-OH is 1. The van der Waals surface area contributed by atoms with E-state index in [0.717, 1.165) is 59.0 Å². The minimum Gasteiger partial charge on any atom is -0.507 e. The number of thiazole rings is 1. The normalized spacial score (nSPS) is 21.3. The molecule has 5 aromatic heterocycles. The van der Waals surface area contributed by atoms with Crippen LogP contribution in [0, 0.1) is 24.7 Å². The Morgan fingerprint density at radius 3 is 2.38 bits per heavy atom. The number of nitrogen functional groups attached to an aromatic ring is 1. The molecule has 8 heterocycles. The smallest absolute Gasteiger partial charge is 0.255 e. The number of carbonyl (C=O) groups excluding carboxylic acids is 2. The molecule has 3 aliphatic heterocycles. The van der Waals surface area contributed by atoms with Crippen LogP contribution in [0.4, 0.5) is 17.2 Å². The van der Waals surface area contributed by atoms with Crippen LogP contribution < -0.4 is 35.1 Å². The Bertz CT molecular complexity index is 3330. The highest BCUT2D eigenvalue weighted by Crippen LogP contribution is 2.41. The van der Waals surface area contributed by atoms with Crippen molar-refractivity contribution in [2.75, 3.05) is 41.8 Å². The summed E-state index contributed by atoms with van der Waals surface area (Å²) in [5.74, 6) is 6.38. The molecule has 2 unspecified atom stereocenters. The first-order valence-electron chi connectivity index (χ1n) is 26.3. The van der Waals surface area contributed by atoms with Crippen molar-refractivity contribution in [3.05, 3.63) is 120 Å². The average Bonchev–Trinajstić information content (AvgIpc) is 4.28. The maximum atomic E-state index is 14.2. The Balaban J connectivity index is 0.627. The highest BCUT2D eigenvalue weighted by Gasteiger charge is 2.44. The monoisotopic (exact) mass is 1070 g/mol. The fourth-order valence-electron chi connectivity index (χ4n) is 11.0. The van der Waals surface area contributed by atoms with E-state index in [0.29, 0.717) is 41.5 Å². The lowest BCUT2D eigenvalue weighted by Gasteiger charge is -2.43. The van der Waals surface area contributed by atoms with Gasteiger partial charge in [-0.25, -0.2) is 19.9 Å². The first-order valence-corrected chi connectivity index (χ1v) is 27.1. The molecule has 3 saturated heterocycles. The lowest BCUT2D eigenvalue weighted by atomic mass is 9.91. The van der Waals surface area contributed by atoms with Gasteiger partial charge in [0.05, 0.1) is 52.0 Å². The highest BCUT2D eigenvalue weighted by molar-refractivity contribution is 7.13. The van der Waals surface area contributed by atoms with Crippen LogP contribution in [-0.4, -0.2) is 125 Å². The molecule has 4 aliphatic rings. The lowest BCUT2D eigenvalue weighted by molar-refractivity contribution is -0.141. The van der Waals surface area contributed by atoms with Crippen molar-refractivity contribution >= 4 is 40.3 Å². The van der Waals surface area contributed by atoms with Crippen molar-refractivity contribution in [1.82, 2.24) is 45.5 Å². The number of hydrogen-bond acceptors (Lipinski definition) is 19. The largest absolute Gasteiger partial charge is 0.507 e. The zero-order valence-corrected chi connectivity index (χ0v) is 44.4. The van der Waals surface area contributed by atoms with Gasteiger partial charge in [-0.15, -0.1) is 21.5 Å². The summed E-state index contributed by atoms with van der Waals surface area (Å²) in [5.41, 5.74) is 14.2. The number of aryl methyl sites for hydroxylation is 1. The number of aromatic nitrogens is 7. The Hall–Kier alpha value is -8.35. The van der Waals surface area contributed by atoms with Gasteiger partial charge in [0.25, 0.3) is 5.88 Å². The second kappa shape index (κ2) is 22.3. The third-order valence-electron chi connectivity index (χ3n) is 15.0. The predicted octanol–water partition coefficient (Wildman–Crippen LogP) is 6.89. The average molecular weight is 1070 g/mol. The summed E-state index contributed by atoms with van der Waals surface area (Å²) >= 11 is 1.58. The van der Waals surface area contributed by atoms with Gasteiger partial charge in [0.2, 0.25) is 23.5 Å². The van der Waals surface area contributed by atoms with Crippen molar-refractivity contribution in [3.63, 3.8) is 0 Å². The maximum Gasteiger partial charge on any atom is 0.255 e. The van der Waals surface area contributed by atoms with E-state index in [2.05, 4.69) is 62.2 Å². The van der Waals surface area contributed by atoms with Gasteiger partial charge in [-0.05, 0) is 79.1 Å². The number of aliphatic hydroxyl groups is 1. The molecule has 4 fully saturated rings. The van der Waals surface area contributed by atoms with Gasteiger partial charge in [-0.2, -0.15) is 0 Å². The molecule has 6 atom stereocenters. The molecular formula is C57H60N12O8S. The van der Waals surface area contributed by atoms with Gasteiger partial charge in [-0.1, -0.05) is 56.2 Å². The number of nitrogens with one attached hydrogen (secondary N) is 1. The van der Waals surface area contributed by atoms with Crippen molar-refractivity contribution in [3.8, 4) is 56.8 Å². The van der Waals surface area contributed by atoms with Crippen LogP contribution in [0.2, 0.25) is 0 Å². The molecule has 402 valence electrons. The second-order valence-corrected chi connectivity index (χ2v) is 21.5. The number of piperazine rings is 1. The van der Waals surface area contributed by atoms with E-state index in [1.807, 2.05) is 87.8 Å². The summed E-state index contributed by atoms with van der Waals surface area (Å²) in [6.07, 6.45) is 7.56. The Labute approximate surface area is 455 Å². The van der Waals surface area contributed by atoms with E-state index in [4.69, 9.17) is 24.5 Å². The highest BCUT2D eigenvalue weighted by atomic mass is 32.1. The number of benzene rings is 2. The first-order chi connectivity index (χ1) is 37.8. The molecule has 0 radical (unpaired) electrons. The summed E-state index contributed by atoms with van der Waals surface area (Å²) < 4.78 is 23.9. The lowest BCUT2D eigenvalue weighted by Crippen LogP contribution is -2.54. The molecule has 5 N–H and O–H groups in total. The maximum absolute atomic E-state index is 14.2. The number of amides is 2. The van der Waals surface area contributed by atoms with Crippen LogP contribution in [0.3, 0.4) is 0 Å². The summed E-state index contributed by atoms with van der Waals surface area (Å²) in [4.78, 5) is 52.8. The number of rotatable bonds is 16. The van der Waals surface area contributed by atoms with Crippen molar-refractivity contribution in [2.45, 2.75) is 108 Å². The molecule has 11 rings (SSSR count). The molecule has 2 bridgehead atoms. The standard InChI is InChI=1S/C57H60N12O8S/c1-32(2)53(57(73)68-30-40(70)21-47(68)56(72)63-33(3)35-11-13-36(14-12-35)54-34(4)62-31-78-54)49-25-52(66-77-49)74-19-7-10-50-60-26-43(27-61-50)75-41-22-42(23-41)76-51-20-37(17-18-59-51)69-38-15-16-39(69)29-67(28-38)46-24-45(64-65-55(46)58)44-8-5-6-9-48(44)71/h5-6,8-9,11-14,17-18,20,24-27,31-33,38-42,47,53,70-71H,15-16,19,21-23,28-30H2,1-4H3,(H2,58,65)(H,63,72)/t33-,38?,39?,40+,41?,42?,47-,53-/m0/s1. The SMILES string of the molecule is Cc1ncsc1-c1ccc([C@H](C)NC(=O)[C@@H]2C[C@@H](O)CN2C(=O)[C@H](c2cc(OCC#Cc3ncc(OC4CC(Oc5cc(N6C7CCC6CN(c6cc(-c8ccccc8O)nnc6N)C7)ccn5)C4)cn3)no2)C(C)C)cc1. The van der Waals surface area contributed by atoms with Crippen LogP contribution in [0.1, 0.15) is 87.7 Å². The Morgan fingerprint density at radius 1 is 0.897 bits per heavy atom. The number of nitrogens with two attached hydrogens (primary N) is 1. The molecule has 2 aromatic carbocycles. The number of fused-ring (bicyclic) bond motifs is 2. The molecule has 20 nitrogen and oxygen atoms in total. The molecular weight excluding hydrogens is 1010 g/mol. The zero-order chi connectivity index (χ0) is 54.0. The Morgan fingerprint density at radius 2 is 1.65 bits per heavy atom. The topological polar surface area (TPSA) is 253 Å². The van der Waals surface area contributed by atoms with Crippen molar-refractivity contribution in [2.24, 2.45) is 5.92 Å². The van der Waals surface area contributed by atoms with Gasteiger partial charge in [0, 0.05) is 80.6 Å². The number of ether oxygens (including phenoxy) is 3. The van der Waals surface area contributed by atoms with Gasteiger partial charge in [0.15, 0.2) is 23.9 Å². The predicted molar refractivity (Wildman–Crippen MR) is 291 cm³/mol. The van der Waals surface area contributed by atoms with Crippen LogP contribution >= 0.6 is 11.3 Å². The number of likely N-dealkylation sites (tertiary alicyclic amines) is 1. The number of nitrogens with zero attached hydrogens (tertiary/aromatic N) is 10. The summed E-state index contributed by atoms with van der Waals surface area (Å²) in [6.45, 7) is 9.13. The fraction of sp³-hybridized carbons (Fsp3) is 0.386.